The monoisotopic (exact) mass is 377 g/mol. The van der Waals surface area contributed by atoms with E-state index < -0.39 is 11.9 Å². The summed E-state index contributed by atoms with van der Waals surface area (Å²) in [4.78, 5) is 18.2. The highest BCUT2D eigenvalue weighted by Gasteiger charge is 2.05. The molecule has 0 unspecified atom stereocenters. The highest BCUT2D eigenvalue weighted by atomic mass is 16.5. The first kappa shape index (κ1) is 21.8. The Bertz CT molecular complexity index is 732. The second-order valence-electron chi connectivity index (χ2n) is 5.25. The van der Waals surface area contributed by atoms with Gasteiger partial charge in [-0.1, -0.05) is 18.2 Å². The Morgan fingerprint density at radius 1 is 0.778 bits per heavy atom. The van der Waals surface area contributed by atoms with Gasteiger partial charge in [-0.05, 0) is 35.4 Å². The van der Waals surface area contributed by atoms with Gasteiger partial charge in [0.25, 0.3) is 0 Å². The standard InChI is InChI=1S/C17H21NO3.C2H2O4/c1-19-15-7-4-13(5-8-15)11-18-12-14-6-9-16(20-2)17(10-14)21-3;3-1(4)2(5)6/h4-10,18H,11-12H2,1-3H3;(H,3,4)(H,5,6). The molecule has 3 N–H and O–H groups in total. The van der Waals surface area contributed by atoms with Gasteiger partial charge in [-0.3, -0.25) is 0 Å². The van der Waals surface area contributed by atoms with Gasteiger partial charge in [0.15, 0.2) is 11.5 Å². The maximum absolute atomic E-state index is 9.10. The maximum atomic E-state index is 9.10. The molecule has 0 amide bonds. The number of carboxylic acid groups (broad SMARTS) is 2. The Hall–Kier alpha value is -3.26. The second kappa shape index (κ2) is 11.4. The van der Waals surface area contributed by atoms with E-state index in [1.54, 1.807) is 21.3 Å². The first-order valence-corrected chi connectivity index (χ1v) is 7.92. The number of carbonyl (C=O) groups is 2. The topological polar surface area (TPSA) is 114 Å². The van der Waals surface area contributed by atoms with Crippen molar-refractivity contribution in [2.45, 2.75) is 13.1 Å². The Morgan fingerprint density at radius 2 is 1.30 bits per heavy atom. The van der Waals surface area contributed by atoms with E-state index in [0.29, 0.717) is 0 Å². The molecule has 0 aliphatic rings. The number of rotatable bonds is 7. The average Bonchev–Trinajstić information content (AvgIpc) is 2.68. The third-order valence-electron chi connectivity index (χ3n) is 3.45. The molecule has 2 aromatic carbocycles. The number of aliphatic carboxylic acids is 2. The molecular formula is C19H23NO7. The molecule has 27 heavy (non-hydrogen) atoms. The molecule has 0 atom stereocenters. The van der Waals surface area contributed by atoms with Crippen LogP contribution >= 0.6 is 0 Å². The van der Waals surface area contributed by atoms with Gasteiger partial charge in [0.05, 0.1) is 21.3 Å². The molecular weight excluding hydrogens is 354 g/mol. The zero-order valence-electron chi connectivity index (χ0n) is 15.4. The molecule has 2 rings (SSSR count). The van der Waals surface area contributed by atoms with E-state index in [-0.39, 0.29) is 0 Å². The summed E-state index contributed by atoms with van der Waals surface area (Å²) in [6.07, 6.45) is 0. The second-order valence-corrected chi connectivity index (χ2v) is 5.25. The van der Waals surface area contributed by atoms with E-state index in [1.807, 2.05) is 30.3 Å². The Balaban J connectivity index is 0.000000527. The van der Waals surface area contributed by atoms with E-state index >= 15 is 0 Å². The van der Waals surface area contributed by atoms with E-state index in [0.717, 1.165) is 35.9 Å². The van der Waals surface area contributed by atoms with Gasteiger partial charge in [0, 0.05) is 13.1 Å². The van der Waals surface area contributed by atoms with Crippen molar-refractivity contribution in [1.29, 1.82) is 0 Å². The predicted octanol–water partition coefficient (Wildman–Crippen LogP) is 2.16. The molecule has 0 aliphatic heterocycles. The van der Waals surface area contributed by atoms with Gasteiger partial charge < -0.3 is 29.7 Å². The van der Waals surface area contributed by atoms with Crippen molar-refractivity contribution in [2.24, 2.45) is 0 Å². The van der Waals surface area contributed by atoms with Crippen molar-refractivity contribution in [1.82, 2.24) is 5.32 Å². The molecule has 0 heterocycles. The lowest BCUT2D eigenvalue weighted by Gasteiger charge is -2.10. The minimum atomic E-state index is -1.82. The largest absolute Gasteiger partial charge is 0.497 e. The lowest BCUT2D eigenvalue weighted by atomic mass is 10.2. The number of benzene rings is 2. The summed E-state index contributed by atoms with van der Waals surface area (Å²) in [5, 5.41) is 18.2. The fourth-order valence-corrected chi connectivity index (χ4v) is 2.09. The molecule has 0 fully saturated rings. The molecule has 8 nitrogen and oxygen atoms in total. The van der Waals surface area contributed by atoms with E-state index in [4.69, 9.17) is 34.0 Å². The van der Waals surface area contributed by atoms with Gasteiger partial charge in [-0.15, -0.1) is 0 Å². The lowest BCUT2D eigenvalue weighted by Crippen LogP contribution is -2.12. The van der Waals surface area contributed by atoms with Crippen LogP contribution in [0.2, 0.25) is 0 Å². The Morgan fingerprint density at radius 3 is 1.78 bits per heavy atom. The van der Waals surface area contributed by atoms with Crippen molar-refractivity contribution in [3.63, 3.8) is 0 Å². The van der Waals surface area contributed by atoms with Gasteiger partial charge in [0.1, 0.15) is 5.75 Å². The number of ether oxygens (including phenoxy) is 3. The van der Waals surface area contributed by atoms with Gasteiger partial charge in [-0.25, -0.2) is 9.59 Å². The Labute approximate surface area is 157 Å². The van der Waals surface area contributed by atoms with Gasteiger partial charge in [0.2, 0.25) is 0 Å². The highest BCUT2D eigenvalue weighted by Crippen LogP contribution is 2.27. The van der Waals surface area contributed by atoms with Crippen LogP contribution in [0.5, 0.6) is 17.2 Å². The summed E-state index contributed by atoms with van der Waals surface area (Å²) >= 11 is 0. The van der Waals surface area contributed by atoms with Crippen LogP contribution < -0.4 is 19.5 Å². The van der Waals surface area contributed by atoms with E-state index in [1.165, 1.54) is 5.56 Å². The molecule has 0 bridgehead atoms. The third kappa shape index (κ3) is 7.66. The molecule has 146 valence electrons. The van der Waals surface area contributed by atoms with Crippen LogP contribution in [-0.4, -0.2) is 43.5 Å². The molecule has 0 spiro atoms. The summed E-state index contributed by atoms with van der Waals surface area (Å²) in [5.41, 5.74) is 2.37. The van der Waals surface area contributed by atoms with Crippen LogP contribution in [0.1, 0.15) is 11.1 Å². The van der Waals surface area contributed by atoms with Crippen molar-refractivity contribution < 1.29 is 34.0 Å². The first-order chi connectivity index (χ1) is 12.9. The summed E-state index contributed by atoms with van der Waals surface area (Å²) in [6.45, 7) is 1.57. The van der Waals surface area contributed by atoms with Crippen LogP contribution in [0.25, 0.3) is 0 Å². The molecule has 0 aliphatic carbocycles. The number of carboxylic acids is 2. The van der Waals surface area contributed by atoms with Gasteiger partial charge >= 0.3 is 11.9 Å². The number of hydrogen-bond acceptors (Lipinski definition) is 6. The van der Waals surface area contributed by atoms with Crippen molar-refractivity contribution in [2.75, 3.05) is 21.3 Å². The number of methoxy groups -OCH3 is 3. The van der Waals surface area contributed by atoms with E-state index in [2.05, 4.69) is 17.4 Å². The summed E-state index contributed by atoms with van der Waals surface area (Å²) in [5.74, 6) is -1.28. The molecule has 0 saturated carbocycles. The first-order valence-electron chi connectivity index (χ1n) is 7.92. The Kier molecular flexibility index (Phi) is 9.18. The SMILES string of the molecule is COc1ccc(CNCc2ccc(OC)c(OC)c2)cc1.O=C(O)C(=O)O. The third-order valence-corrected chi connectivity index (χ3v) is 3.45. The zero-order chi connectivity index (χ0) is 20.2. The van der Waals surface area contributed by atoms with Crippen LogP contribution in [0.15, 0.2) is 42.5 Å². The van der Waals surface area contributed by atoms with Crippen LogP contribution in [0.3, 0.4) is 0 Å². The molecule has 0 saturated heterocycles. The minimum absolute atomic E-state index is 0.747. The maximum Gasteiger partial charge on any atom is 0.414 e. The quantitative estimate of drug-likeness (QED) is 0.629. The van der Waals surface area contributed by atoms with Crippen LogP contribution in [0.4, 0.5) is 0 Å². The van der Waals surface area contributed by atoms with Gasteiger partial charge in [-0.2, -0.15) is 0 Å². The molecule has 2 aromatic rings. The fourth-order valence-electron chi connectivity index (χ4n) is 2.09. The van der Waals surface area contributed by atoms with Crippen molar-refractivity contribution >= 4 is 11.9 Å². The van der Waals surface area contributed by atoms with Crippen LogP contribution in [-0.2, 0) is 22.7 Å². The van der Waals surface area contributed by atoms with Crippen molar-refractivity contribution in [3.05, 3.63) is 53.6 Å². The molecule has 0 aromatic heterocycles. The predicted molar refractivity (Wildman–Crippen MR) is 98.4 cm³/mol. The van der Waals surface area contributed by atoms with Crippen molar-refractivity contribution in [3.8, 4) is 17.2 Å². The lowest BCUT2D eigenvalue weighted by molar-refractivity contribution is -0.159. The minimum Gasteiger partial charge on any atom is -0.497 e. The number of hydrogen-bond donors (Lipinski definition) is 3. The molecule has 0 radical (unpaired) electrons. The summed E-state index contributed by atoms with van der Waals surface area (Å²) in [6, 6.07) is 14.0. The normalized spacial score (nSPS) is 9.59. The van der Waals surface area contributed by atoms with Crippen LogP contribution in [0, 0.1) is 0 Å². The summed E-state index contributed by atoms with van der Waals surface area (Å²) in [7, 11) is 4.95. The van der Waals surface area contributed by atoms with E-state index in [9.17, 15) is 0 Å². The fraction of sp³-hybridized carbons (Fsp3) is 0.263. The number of nitrogens with one attached hydrogen (secondary N) is 1. The highest BCUT2D eigenvalue weighted by molar-refractivity contribution is 6.27. The average molecular weight is 377 g/mol. The smallest absolute Gasteiger partial charge is 0.414 e. The zero-order valence-corrected chi connectivity index (χ0v) is 15.4. The summed E-state index contributed by atoms with van der Waals surface area (Å²) < 4.78 is 15.7. The molecule has 8 heteroatoms.